The van der Waals surface area contributed by atoms with Gasteiger partial charge in [-0.25, -0.2) is 4.39 Å². The molecule has 0 aliphatic carbocycles. The first-order valence-corrected chi connectivity index (χ1v) is 6.93. The van der Waals surface area contributed by atoms with Gasteiger partial charge in [-0.3, -0.25) is 9.69 Å². The number of ketones is 1. The van der Waals surface area contributed by atoms with E-state index in [1.54, 1.807) is 12.1 Å². The predicted molar refractivity (Wildman–Crippen MR) is 77.1 cm³/mol. The number of likely N-dealkylation sites (N-methyl/N-ethyl adjacent to an activating group) is 1. The van der Waals surface area contributed by atoms with Crippen LogP contribution in [-0.2, 0) is 11.2 Å². The number of carbonyl (C=O) groups is 1. The fraction of sp³-hybridized carbons (Fsp3) is 0.533. The van der Waals surface area contributed by atoms with E-state index >= 15 is 0 Å². The first kappa shape index (κ1) is 16.1. The maximum absolute atomic E-state index is 13.7. The zero-order valence-electron chi connectivity index (χ0n) is 12.0. The molecule has 0 atom stereocenters. The van der Waals surface area contributed by atoms with E-state index in [1.165, 1.54) is 6.07 Å². The molecule has 0 amide bonds. The molecular formula is C15H21ClFNO. The second-order valence-corrected chi connectivity index (χ2v) is 5.44. The highest BCUT2D eigenvalue weighted by Crippen LogP contribution is 2.24. The molecule has 2 nitrogen and oxygen atoms in total. The summed E-state index contributed by atoms with van der Waals surface area (Å²) in [5, 5.41) is 0.309. The third-order valence-corrected chi connectivity index (χ3v) is 3.99. The second-order valence-electron chi connectivity index (χ2n) is 5.03. The van der Waals surface area contributed by atoms with Crippen LogP contribution in [0.15, 0.2) is 18.2 Å². The lowest BCUT2D eigenvalue weighted by Gasteiger charge is -2.36. The smallest absolute Gasteiger partial charge is 0.157 e. The molecule has 1 aromatic carbocycles. The van der Waals surface area contributed by atoms with Crippen LogP contribution in [0.3, 0.4) is 0 Å². The van der Waals surface area contributed by atoms with Crippen LogP contribution in [0.5, 0.6) is 0 Å². The molecule has 0 unspecified atom stereocenters. The van der Waals surface area contributed by atoms with Gasteiger partial charge in [-0.1, -0.05) is 31.5 Å². The number of nitrogens with zero attached hydrogens (tertiary/aromatic N) is 1. The van der Waals surface area contributed by atoms with E-state index in [0.717, 1.165) is 13.1 Å². The fourth-order valence-corrected chi connectivity index (χ4v) is 2.50. The van der Waals surface area contributed by atoms with Crippen molar-refractivity contribution in [2.45, 2.75) is 39.7 Å². The highest BCUT2D eigenvalue weighted by Gasteiger charge is 2.33. The Morgan fingerprint density at radius 1 is 1.32 bits per heavy atom. The quantitative estimate of drug-likeness (QED) is 0.794. The molecule has 0 saturated heterocycles. The van der Waals surface area contributed by atoms with Crippen LogP contribution >= 0.6 is 11.6 Å². The number of hydrogen-bond donors (Lipinski definition) is 0. The molecule has 1 aromatic rings. The van der Waals surface area contributed by atoms with Crippen molar-refractivity contribution >= 4 is 17.4 Å². The Balaban J connectivity index is 2.96. The molecular weight excluding hydrogens is 265 g/mol. The molecule has 106 valence electrons. The minimum atomic E-state index is -0.616. The summed E-state index contributed by atoms with van der Waals surface area (Å²) in [6, 6.07) is 4.48. The minimum Gasteiger partial charge on any atom is -0.297 e. The van der Waals surface area contributed by atoms with Gasteiger partial charge in [0.1, 0.15) is 5.82 Å². The van der Waals surface area contributed by atoms with Crippen LogP contribution < -0.4 is 0 Å². The third kappa shape index (κ3) is 3.54. The number of benzene rings is 1. The highest BCUT2D eigenvalue weighted by molar-refractivity contribution is 6.31. The Morgan fingerprint density at radius 3 is 2.37 bits per heavy atom. The number of rotatable bonds is 6. The minimum absolute atomic E-state index is 0.0228. The maximum Gasteiger partial charge on any atom is 0.157 e. The highest BCUT2D eigenvalue weighted by atomic mass is 35.5. The standard InChI is InChI=1S/C15H21ClFNO/c1-5-18(6-2)15(3,4)14(19)10-11-12(16)8-7-9-13(11)17/h7-9H,5-6,10H2,1-4H3. The van der Waals surface area contributed by atoms with Crippen molar-refractivity contribution in [3.63, 3.8) is 0 Å². The number of carbonyl (C=O) groups excluding carboxylic acids is 1. The monoisotopic (exact) mass is 285 g/mol. The maximum atomic E-state index is 13.7. The van der Waals surface area contributed by atoms with Crippen LogP contribution in [0.4, 0.5) is 4.39 Å². The van der Waals surface area contributed by atoms with Gasteiger partial charge in [0.2, 0.25) is 0 Å². The van der Waals surface area contributed by atoms with Crippen LogP contribution in [0.1, 0.15) is 33.3 Å². The van der Waals surface area contributed by atoms with Gasteiger partial charge in [0.05, 0.1) is 5.54 Å². The molecule has 0 aliphatic rings. The van der Waals surface area contributed by atoms with E-state index in [0.29, 0.717) is 5.02 Å². The van der Waals surface area contributed by atoms with E-state index in [-0.39, 0.29) is 17.8 Å². The van der Waals surface area contributed by atoms with Crippen molar-refractivity contribution in [2.75, 3.05) is 13.1 Å². The van der Waals surface area contributed by atoms with Crippen LogP contribution in [0, 0.1) is 5.82 Å². The van der Waals surface area contributed by atoms with Crippen molar-refractivity contribution in [2.24, 2.45) is 0 Å². The Kier molecular flexibility index (Phi) is 5.50. The normalized spacial score (nSPS) is 11.9. The second kappa shape index (κ2) is 6.49. The molecule has 0 radical (unpaired) electrons. The van der Waals surface area contributed by atoms with Gasteiger partial charge in [0.25, 0.3) is 0 Å². The average molecular weight is 286 g/mol. The van der Waals surface area contributed by atoms with Crippen LogP contribution in [0.2, 0.25) is 5.02 Å². The van der Waals surface area contributed by atoms with Crippen LogP contribution in [-0.4, -0.2) is 29.3 Å². The summed E-state index contributed by atoms with van der Waals surface area (Å²) in [5.41, 5.74) is -0.329. The van der Waals surface area contributed by atoms with Gasteiger partial charge >= 0.3 is 0 Å². The summed E-state index contributed by atoms with van der Waals surface area (Å²) in [6.07, 6.45) is 0.0228. The Morgan fingerprint density at radius 2 is 1.89 bits per heavy atom. The summed E-state index contributed by atoms with van der Waals surface area (Å²) < 4.78 is 13.7. The molecule has 1 rings (SSSR count). The van der Waals surface area contributed by atoms with Gasteiger partial charge in [-0.05, 0) is 39.1 Å². The predicted octanol–water partition coefficient (Wildman–Crippen LogP) is 3.71. The van der Waals surface area contributed by atoms with E-state index in [4.69, 9.17) is 11.6 Å². The topological polar surface area (TPSA) is 20.3 Å². The van der Waals surface area contributed by atoms with Gasteiger partial charge in [-0.15, -0.1) is 0 Å². The lowest BCUT2D eigenvalue weighted by atomic mass is 9.91. The summed E-state index contributed by atoms with van der Waals surface area (Å²) in [5.74, 6) is -0.445. The van der Waals surface area contributed by atoms with E-state index in [2.05, 4.69) is 4.90 Å². The Bertz CT molecular complexity index is 435. The molecule has 0 N–H and O–H groups in total. The summed E-state index contributed by atoms with van der Waals surface area (Å²) in [4.78, 5) is 14.5. The van der Waals surface area contributed by atoms with Crippen LogP contribution in [0.25, 0.3) is 0 Å². The summed E-state index contributed by atoms with van der Waals surface area (Å²) in [6.45, 7) is 9.32. The SMILES string of the molecule is CCN(CC)C(C)(C)C(=O)Cc1c(F)cccc1Cl. The zero-order chi connectivity index (χ0) is 14.6. The molecule has 0 heterocycles. The Labute approximate surface area is 119 Å². The average Bonchev–Trinajstić information content (AvgIpc) is 2.34. The molecule has 0 fully saturated rings. The Hall–Kier alpha value is -0.930. The van der Waals surface area contributed by atoms with E-state index in [9.17, 15) is 9.18 Å². The molecule has 19 heavy (non-hydrogen) atoms. The molecule has 0 aliphatic heterocycles. The first-order chi connectivity index (χ1) is 8.84. The molecule has 0 saturated carbocycles. The van der Waals surface area contributed by atoms with Gasteiger partial charge in [0, 0.05) is 17.0 Å². The van der Waals surface area contributed by atoms with Crippen molar-refractivity contribution in [1.82, 2.24) is 4.90 Å². The van der Waals surface area contributed by atoms with Crippen molar-refractivity contribution in [3.8, 4) is 0 Å². The fourth-order valence-electron chi connectivity index (χ4n) is 2.27. The molecule has 0 bridgehead atoms. The lowest BCUT2D eigenvalue weighted by molar-refractivity contribution is -0.128. The molecule has 0 aromatic heterocycles. The number of Topliss-reactive ketones (excluding diaryl/α,β-unsaturated/α-hetero) is 1. The number of halogens is 2. The molecule has 0 spiro atoms. The molecule has 4 heteroatoms. The zero-order valence-corrected chi connectivity index (χ0v) is 12.7. The lowest BCUT2D eigenvalue weighted by Crippen LogP contribution is -2.50. The van der Waals surface area contributed by atoms with Gasteiger partial charge < -0.3 is 0 Å². The van der Waals surface area contributed by atoms with E-state index < -0.39 is 11.4 Å². The van der Waals surface area contributed by atoms with Crippen molar-refractivity contribution < 1.29 is 9.18 Å². The van der Waals surface area contributed by atoms with Crippen molar-refractivity contribution in [3.05, 3.63) is 34.6 Å². The van der Waals surface area contributed by atoms with Crippen molar-refractivity contribution in [1.29, 1.82) is 0 Å². The first-order valence-electron chi connectivity index (χ1n) is 6.55. The summed E-state index contributed by atoms with van der Waals surface area (Å²) >= 11 is 5.97. The third-order valence-electron chi connectivity index (χ3n) is 3.64. The summed E-state index contributed by atoms with van der Waals surface area (Å²) in [7, 11) is 0. The van der Waals surface area contributed by atoms with Gasteiger partial charge in [-0.2, -0.15) is 0 Å². The largest absolute Gasteiger partial charge is 0.297 e. The number of hydrogen-bond acceptors (Lipinski definition) is 2. The van der Waals surface area contributed by atoms with E-state index in [1.807, 2.05) is 27.7 Å². The van der Waals surface area contributed by atoms with Gasteiger partial charge in [0.15, 0.2) is 5.78 Å².